The van der Waals surface area contributed by atoms with Crippen LogP contribution >= 0.6 is 15.9 Å². The molecular formula is C14H16BrF2N3. The van der Waals surface area contributed by atoms with Gasteiger partial charge in [0.15, 0.2) is 5.82 Å². The summed E-state index contributed by atoms with van der Waals surface area (Å²) in [6.07, 6.45) is 0. The molecule has 0 bridgehead atoms. The van der Waals surface area contributed by atoms with Crippen LogP contribution in [0.1, 0.15) is 23.9 Å². The summed E-state index contributed by atoms with van der Waals surface area (Å²) < 4.78 is 30.3. The number of anilines is 1. The number of nitrogens with zero attached hydrogens (tertiary/aromatic N) is 2. The molecule has 2 aromatic rings. The molecule has 1 N–H and O–H groups in total. The van der Waals surface area contributed by atoms with Gasteiger partial charge in [0, 0.05) is 6.54 Å². The highest BCUT2D eigenvalue weighted by Crippen LogP contribution is 2.25. The Morgan fingerprint density at radius 1 is 1.30 bits per heavy atom. The van der Waals surface area contributed by atoms with Gasteiger partial charge in [-0.05, 0) is 48.3 Å². The standard InChI is InChI=1S/C14H16BrF2N3/c1-4-20-11(12(15)9(3)19-20)7-18-14-10(16)6-5-8(2)13(14)17/h5-6,18H,4,7H2,1-3H3. The van der Waals surface area contributed by atoms with Gasteiger partial charge in [0.25, 0.3) is 0 Å². The molecule has 20 heavy (non-hydrogen) atoms. The van der Waals surface area contributed by atoms with E-state index in [4.69, 9.17) is 0 Å². The first-order valence-corrected chi connectivity index (χ1v) is 7.15. The summed E-state index contributed by atoms with van der Waals surface area (Å²) in [7, 11) is 0. The fourth-order valence-corrected chi connectivity index (χ4v) is 2.45. The maximum atomic E-state index is 13.9. The van der Waals surface area contributed by atoms with E-state index in [1.807, 2.05) is 13.8 Å². The predicted octanol–water partition coefficient (Wildman–Crippen LogP) is 4.17. The van der Waals surface area contributed by atoms with Gasteiger partial charge in [0.2, 0.25) is 0 Å². The lowest BCUT2D eigenvalue weighted by Crippen LogP contribution is -2.10. The third-order valence-electron chi connectivity index (χ3n) is 3.17. The van der Waals surface area contributed by atoms with Crippen LogP contribution in [0.25, 0.3) is 0 Å². The molecule has 0 aliphatic carbocycles. The zero-order valence-corrected chi connectivity index (χ0v) is 13.2. The van der Waals surface area contributed by atoms with Crippen molar-refractivity contribution in [3.63, 3.8) is 0 Å². The van der Waals surface area contributed by atoms with Crippen LogP contribution in [0.5, 0.6) is 0 Å². The normalized spacial score (nSPS) is 10.9. The molecule has 2 rings (SSSR count). The van der Waals surface area contributed by atoms with Crippen molar-refractivity contribution in [1.29, 1.82) is 0 Å². The van der Waals surface area contributed by atoms with Gasteiger partial charge in [-0.3, -0.25) is 4.68 Å². The van der Waals surface area contributed by atoms with Gasteiger partial charge in [0.05, 0.1) is 22.4 Å². The number of aryl methyl sites for hydroxylation is 3. The van der Waals surface area contributed by atoms with Gasteiger partial charge >= 0.3 is 0 Å². The number of rotatable bonds is 4. The maximum Gasteiger partial charge on any atom is 0.152 e. The lowest BCUT2D eigenvalue weighted by atomic mass is 10.2. The molecule has 1 aromatic carbocycles. The van der Waals surface area contributed by atoms with E-state index in [0.717, 1.165) is 15.9 Å². The second kappa shape index (κ2) is 5.91. The number of hydrogen-bond donors (Lipinski definition) is 1. The first-order chi connectivity index (χ1) is 9.45. The summed E-state index contributed by atoms with van der Waals surface area (Å²) in [6, 6.07) is 2.68. The van der Waals surface area contributed by atoms with Gasteiger partial charge in [-0.15, -0.1) is 0 Å². The van der Waals surface area contributed by atoms with Gasteiger partial charge in [0.1, 0.15) is 11.5 Å². The average Bonchev–Trinajstić information content (AvgIpc) is 2.70. The number of aromatic nitrogens is 2. The van der Waals surface area contributed by atoms with E-state index < -0.39 is 11.6 Å². The van der Waals surface area contributed by atoms with Crippen LogP contribution in [0.15, 0.2) is 16.6 Å². The monoisotopic (exact) mass is 343 g/mol. The Hall–Kier alpha value is -1.43. The summed E-state index contributed by atoms with van der Waals surface area (Å²) in [6.45, 7) is 6.45. The predicted molar refractivity (Wildman–Crippen MR) is 78.8 cm³/mol. The van der Waals surface area contributed by atoms with Gasteiger partial charge in [-0.2, -0.15) is 5.10 Å². The van der Waals surface area contributed by atoms with Gasteiger partial charge in [-0.25, -0.2) is 8.78 Å². The molecule has 0 radical (unpaired) electrons. The van der Waals surface area contributed by atoms with E-state index in [-0.39, 0.29) is 5.69 Å². The Morgan fingerprint density at radius 2 is 2.00 bits per heavy atom. The van der Waals surface area contributed by atoms with Crippen molar-refractivity contribution in [3.05, 3.63) is 45.2 Å². The second-order valence-electron chi connectivity index (χ2n) is 4.57. The molecule has 0 aliphatic heterocycles. The van der Waals surface area contributed by atoms with Crippen LogP contribution in [-0.4, -0.2) is 9.78 Å². The van der Waals surface area contributed by atoms with E-state index in [9.17, 15) is 8.78 Å². The molecule has 0 spiro atoms. The van der Waals surface area contributed by atoms with E-state index in [1.165, 1.54) is 12.1 Å². The molecule has 0 aliphatic rings. The number of hydrogen-bond acceptors (Lipinski definition) is 2. The van der Waals surface area contributed by atoms with Crippen molar-refractivity contribution in [2.45, 2.75) is 33.9 Å². The highest BCUT2D eigenvalue weighted by Gasteiger charge is 2.15. The van der Waals surface area contributed by atoms with Crippen molar-refractivity contribution in [2.24, 2.45) is 0 Å². The topological polar surface area (TPSA) is 29.9 Å². The van der Waals surface area contributed by atoms with Crippen LogP contribution in [0.4, 0.5) is 14.5 Å². The van der Waals surface area contributed by atoms with E-state index in [1.54, 1.807) is 11.6 Å². The minimum Gasteiger partial charge on any atom is -0.375 e. The maximum absolute atomic E-state index is 13.9. The van der Waals surface area contributed by atoms with Crippen LogP contribution in [0.3, 0.4) is 0 Å². The lowest BCUT2D eigenvalue weighted by molar-refractivity contribution is 0.579. The summed E-state index contributed by atoms with van der Waals surface area (Å²) in [5.41, 5.74) is 2.03. The van der Waals surface area contributed by atoms with Crippen LogP contribution in [0, 0.1) is 25.5 Å². The minimum absolute atomic E-state index is 0.0987. The Balaban J connectivity index is 2.28. The van der Waals surface area contributed by atoms with Crippen LogP contribution < -0.4 is 5.32 Å². The molecule has 0 amide bonds. The molecule has 3 nitrogen and oxygen atoms in total. The highest BCUT2D eigenvalue weighted by atomic mass is 79.9. The van der Waals surface area contributed by atoms with Crippen molar-refractivity contribution >= 4 is 21.6 Å². The molecule has 1 heterocycles. The summed E-state index contributed by atoms with van der Waals surface area (Å²) >= 11 is 3.46. The van der Waals surface area contributed by atoms with Crippen LogP contribution in [-0.2, 0) is 13.1 Å². The third kappa shape index (κ3) is 2.70. The number of nitrogens with one attached hydrogen (secondary N) is 1. The molecule has 1 aromatic heterocycles. The molecule has 0 unspecified atom stereocenters. The van der Waals surface area contributed by atoms with Crippen molar-refractivity contribution < 1.29 is 8.78 Å². The second-order valence-corrected chi connectivity index (χ2v) is 5.36. The Kier molecular flexibility index (Phi) is 4.42. The highest BCUT2D eigenvalue weighted by molar-refractivity contribution is 9.10. The number of halogens is 3. The zero-order chi connectivity index (χ0) is 14.9. The van der Waals surface area contributed by atoms with Gasteiger partial charge < -0.3 is 5.32 Å². The fourth-order valence-electron chi connectivity index (χ4n) is 2.03. The molecule has 108 valence electrons. The summed E-state index contributed by atoms with van der Waals surface area (Å²) in [5, 5.41) is 7.17. The van der Waals surface area contributed by atoms with E-state index in [0.29, 0.717) is 18.7 Å². The Labute approximate surface area is 125 Å². The van der Waals surface area contributed by atoms with Crippen molar-refractivity contribution in [2.75, 3.05) is 5.32 Å². The molecule has 0 atom stereocenters. The largest absolute Gasteiger partial charge is 0.375 e. The summed E-state index contributed by atoms with van der Waals surface area (Å²) in [5.74, 6) is -1.15. The fraction of sp³-hybridized carbons (Fsp3) is 0.357. The first-order valence-electron chi connectivity index (χ1n) is 6.36. The summed E-state index contributed by atoms with van der Waals surface area (Å²) in [4.78, 5) is 0. The molecule has 6 heteroatoms. The third-order valence-corrected chi connectivity index (χ3v) is 4.20. The molecule has 0 fully saturated rings. The first kappa shape index (κ1) is 15.0. The van der Waals surface area contributed by atoms with Crippen LogP contribution in [0.2, 0.25) is 0 Å². The molecular weight excluding hydrogens is 328 g/mol. The van der Waals surface area contributed by atoms with Crippen molar-refractivity contribution in [1.82, 2.24) is 9.78 Å². The minimum atomic E-state index is -0.594. The zero-order valence-electron chi connectivity index (χ0n) is 11.6. The van der Waals surface area contributed by atoms with Crippen molar-refractivity contribution in [3.8, 4) is 0 Å². The average molecular weight is 344 g/mol. The Bertz CT molecular complexity index is 638. The smallest absolute Gasteiger partial charge is 0.152 e. The lowest BCUT2D eigenvalue weighted by Gasteiger charge is -2.11. The van der Waals surface area contributed by atoms with E-state index in [2.05, 4.69) is 26.3 Å². The SMILES string of the molecule is CCn1nc(C)c(Br)c1CNc1c(F)ccc(C)c1F. The van der Waals surface area contributed by atoms with E-state index >= 15 is 0 Å². The Morgan fingerprint density at radius 3 is 2.65 bits per heavy atom. The molecule has 0 saturated carbocycles. The molecule has 0 saturated heterocycles. The number of benzene rings is 1. The quantitative estimate of drug-likeness (QED) is 0.902. The van der Waals surface area contributed by atoms with Gasteiger partial charge in [-0.1, -0.05) is 6.07 Å².